The summed E-state index contributed by atoms with van der Waals surface area (Å²) in [6.07, 6.45) is 0.267. The number of hydrogen-bond acceptors (Lipinski definition) is 19. The predicted octanol–water partition coefficient (Wildman–Crippen LogP) is 5.31. The zero-order valence-corrected chi connectivity index (χ0v) is 41.5. The topological polar surface area (TPSA) is 182 Å². The lowest BCUT2D eigenvalue weighted by atomic mass is 10.2. The molecule has 12 nitrogen and oxygen atoms in total. The van der Waals surface area contributed by atoms with Crippen LogP contribution in [0, 0.1) is 23.7 Å². The number of carbonyl (C=O) groups excluding carboxylic acids is 4. The first-order valence-corrected chi connectivity index (χ1v) is 28.9. The van der Waals surface area contributed by atoms with Gasteiger partial charge in [-0.05, 0) is 12.2 Å². The second-order valence-corrected chi connectivity index (χ2v) is 24.1. The van der Waals surface area contributed by atoms with Gasteiger partial charge in [-0.2, -0.15) is 94.1 Å². The smallest absolute Gasteiger partial charge is 0.309 e. The number of ether oxygens (including phenoxy) is 6. The Morgan fingerprint density at radius 3 is 0.983 bits per heavy atom. The molecule has 0 amide bonds. The van der Waals surface area contributed by atoms with E-state index in [1.165, 1.54) is 0 Å². The minimum Gasteiger partial charge on any atom is -0.464 e. The molecule has 4 fully saturated rings. The Balaban J connectivity index is 0.000000366. The highest BCUT2D eigenvalue weighted by atomic mass is 32.2. The molecule has 4 aliphatic rings. The summed E-state index contributed by atoms with van der Waals surface area (Å²) in [6.45, 7) is 11.1. The fourth-order valence-electron chi connectivity index (χ4n) is 3.91. The molecular weight excluding hydrogens is 921 g/mol. The van der Waals surface area contributed by atoms with Gasteiger partial charge >= 0.3 is 23.9 Å². The molecule has 8 atom stereocenters. The van der Waals surface area contributed by atoms with E-state index in [9.17, 15) is 19.2 Å². The van der Waals surface area contributed by atoms with Gasteiger partial charge in [0.25, 0.3) is 0 Å². The molecule has 0 radical (unpaired) electrons. The summed E-state index contributed by atoms with van der Waals surface area (Å²) in [5.74, 6) is 13.5. The van der Waals surface area contributed by atoms with E-state index in [0.717, 1.165) is 80.5 Å². The third-order valence-corrected chi connectivity index (χ3v) is 17.6. The maximum atomic E-state index is 11.8. The molecule has 4 saturated heterocycles. The first-order valence-electron chi connectivity index (χ1n) is 19.5. The number of rotatable bonds is 32. The number of nitrogens with two attached hydrogens (primary N) is 2. The average Bonchev–Trinajstić information content (AvgIpc) is 3.99. The Labute approximate surface area is 385 Å². The number of thioether (sulfide) groups is 8. The fraction of sp³-hybridized carbons (Fsp3) is 0.865. The Morgan fingerprint density at radius 2 is 0.759 bits per heavy atom. The van der Waals surface area contributed by atoms with Crippen molar-refractivity contribution in [3.63, 3.8) is 0 Å². The summed E-state index contributed by atoms with van der Waals surface area (Å²) >= 11 is 18.9. The van der Waals surface area contributed by atoms with Gasteiger partial charge in [-0.1, -0.05) is 27.7 Å². The van der Waals surface area contributed by atoms with E-state index < -0.39 is 0 Å². The van der Waals surface area contributed by atoms with Crippen molar-refractivity contribution in [2.45, 2.75) is 50.4 Å². The summed E-state index contributed by atoms with van der Waals surface area (Å²) in [6, 6.07) is 0. The lowest BCUT2D eigenvalue weighted by Gasteiger charge is -2.11. The van der Waals surface area contributed by atoms with Crippen LogP contribution in [-0.4, -0.2) is 172 Å². The van der Waals surface area contributed by atoms with Crippen LogP contribution in [0.15, 0.2) is 0 Å². The standard InChI is InChI=1S/C18H30O6S3.C18H30O4S5.CH4N2S/c1-13(17(19)23-9-15-7-21-15)11-26-5-3-25-4-6-27-12-14(2)18(20)24-10-16-8-22-16;1-13(17(19)21-7-15-11-26-15)9-24-5-3-23-4-6-25-10-14(2)18(20)22-8-16-12-27-16;2-1(3)4/h2*13-16H,3-12H2,1-2H3;(H4,2,3,4). The number of epoxide rings is 2. The first kappa shape index (κ1) is 54.4. The third-order valence-electron chi connectivity index (χ3n) is 7.82. The lowest BCUT2D eigenvalue weighted by molar-refractivity contribution is -0.148. The molecular formula is C37H64N2O10S9. The SMILES string of the molecule is CC(CSCCSCCSCC(C)C(=O)OCC1CO1)C(=O)OCC1CO1.CC(CSCCSCCSCC(C)C(=O)OCC1CS1)C(=O)OCC1CS1.NC(N)=S. The molecule has 0 spiro atoms. The molecule has 4 N–H and O–H groups in total. The summed E-state index contributed by atoms with van der Waals surface area (Å²) in [5.41, 5.74) is 9.24. The van der Waals surface area contributed by atoms with Gasteiger partial charge in [0.1, 0.15) is 38.6 Å². The summed E-state index contributed by atoms with van der Waals surface area (Å²) in [5, 5.41) is 1.11. The molecule has 4 rings (SSSR count). The Hall–Kier alpha value is 0.290. The van der Waals surface area contributed by atoms with Gasteiger partial charge in [-0.25, -0.2) is 0 Å². The normalized spacial score (nSPS) is 21.6. The zero-order chi connectivity index (χ0) is 42.5. The molecule has 4 aliphatic heterocycles. The Morgan fingerprint density at radius 1 is 0.534 bits per heavy atom. The molecule has 0 saturated carbocycles. The van der Waals surface area contributed by atoms with Crippen molar-refractivity contribution >= 4 is 135 Å². The van der Waals surface area contributed by atoms with Gasteiger partial charge in [0, 0.05) is 91.0 Å². The molecule has 0 aromatic rings. The van der Waals surface area contributed by atoms with Crippen LogP contribution >= 0.6 is 106 Å². The number of thiocarbonyl (C=S) groups is 1. The van der Waals surface area contributed by atoms with Crippen LogP contribution in [-0.2, 0) is 47.6 Å². The summed E-state index contributed by atoms with van der Waals surface area (Å²) in [7, 11) is 0. The number of carbonyl (C=O) groups is 4. The van der Waals surface area contributed by atoms with Crippen molar-refractivity contribution in [2.75, 3.05) is 120 Å². The molecule has 0 aliphatic carbocycles. The minimum absolute atomic E-state index is 0.000000000000000222. The van der Waals surface area contributed by atoms with Crippen LogP contribution in [0.1, 0.15) is 27.7 Å². The lowest BCUT2D eigenvalue weighted by Crippen LogP contribution is -2.19. The first-order chi connectivity index (χ1) is 27.8. The summed E-state index contributed by atoms with van der Waals surface area (Å²) in [4.78, 5) is 47.1. The van der Waals surface area contributed by atoms with E-state index in [2.05, 4.69) is 23.7 Å². The predicted molar refractivity (Wildman–Crippen MR) is 257 cm³/mol. The quantitative estimate of drug-likeness (QED) is 0.0291. The van der Waals surface area contributed by atoms with Crippen LogP contribution in [0.25, 0.3) is 0 Å². The van der Waals surface area contributed by atoms with Gasteiger partial charge in [-0.15, -0.1) is 0 Å². The van der Waals surface area contributed by atoms with Gasteiger partial charge in [0.2, 0.25) is 0 Å². The fourth-order valence-corrected chi connectivity index (χ4v) is 11.5. The number of hydrogen-bond donors (Lipinski definition) is 2. The zero-order valence-electron chi connectivity index (χ0n) is 34.2. The Bertz CT molecular complexity index is 1020. The highest BCUT2D eigenvalue weighted by molar-refractivity contribution is 8.07. The molecule has 0 bridgehead atoms. The van der Waals surface area contributed by atoms with Crippen molar-refractivity contribution < 1.29 is 47.6 Å². The van der Waals surface area contributed by atoms with Gasteiger partial charge in [-0.3, -0.25) is 19.2 Å². The van der Waals surface area contributed by atoms with E-state index in [1.807, 2.05) is 98.3 Å². The van der Waals surface area contributed by atoms with Gasteiger partial charge < -0.3 is 39.9 Å². The molecule has 58 heavy (non-hydrogen) atoms. The molecule has 8 unspecified atom stereocenters. The van der Waals surface area contributed by atoms with Crippen molar-refractivity contribution in [2.24, 2.45) is 35.1 Å². The van der Waals surface area contributed by atoms with E-state index in [-0.39, 0.29) is 64.9 Å². The van der Waals surface area contributed by atoms with Crippen molar-refractivity contribution in [3.8, 4) is 0 Å². The maximum Gasteiger partial charge on any atom is 0.309 e. The van der Waals surface area contributed by atoms with Crippen molar-refractivity contribution in [1.82, 2.24) is 0 Å². The van der Waals surface area contributed by atoms with E-state index in [1.54, 1.807) is 23.5 Å². The molecule has 4 heterocycles. The monoisotopic (exact) mass is 984 g/mol. The largest absolute Gasteiger partial charge is 0.464 e. The molecule has 21 heteroatoms. The molecule has 0 aromatic heterocycles. The second kappa shape index (κ2) is 33.8. The van der Waals surface area contributed by atoms with Crippen molar-refractivity contribution in [3.05, 3.63) is 0 Å². The van der Waals surface area contributed by atoms with Gasteiger partial charge in [0.05, 0.1) is 36.9 Å². The van der Waals surface area contributed by atoms with Crippen LogP contribution in [0.5, 0.6) is 0 Å². The van der Waals surface area contributed by atoms with Gasteiger partial charge in [0.15, 0.2) is 5.11 Å². The molecule has 0 aromatic carbocycles. The maximum absolute atomic E-state index is 11.8. The third kappa shape index (κ3) is 32.9. The average molecular weight is 986 g/mol. The Kier molecular flexibility index (Phi) is 31.7. The van der Waals surface area contributed by atoms with Crippen LogP contribution in [0.4, 0.5) is 0 Å². The summed E-state index contributed by atoms with van der Waals surface area (Å²) < 4.78 is 31.0. The number of esters is 4. The highest BCUT2D eigenvalue weighted by Gasteiger charge is 2.28. The van der Waals surface area contributed by atoms with Crippen LogP contribution in [0.2, 0.25) is 0 Å². The van der Waals surface area contributed by atoms with E-state index >= 15 is 0 Å². The van der Waals surface area contributed by atoms with E-state index in [4.69, 9.17) is 28.4 Å². The highest BCUT2D eigenvalue weighted by Crippen LogP contribution is 2.31. The van der Waals surface area contributed by atoms with Crippen LogP contribution in [0.3, 0.4) is 0 Å². The second-order valence-electron chi connectivity index (χ2n) is 13.9. The molecule has 336 valence electrons. The minimum atomic E-state index is -0.126. The van der Waals surface area contributed by atoms with Crippen molar-refractivity contribution in [1.29, 1.82) is 0 Å². The van der Waals surface area contributed by atoms with Crippen LogP contribution < -0.4 is 11.5 Å². The van der Waals surface area contributed by atoms with E-state index in [0.29, 0.717) is 50.1 Å².